The maximum atomic E-state index is 13.4. The molecule has 1 aliphatic carbocycles. The molecule has 2 unspecified atom stereocenters. The average molecular weight is 200 g/mol. The predicted molar refractivity (Wildman–Crippen MR) is 51.3 cm³/mol. The van der Waals surface area contributed by atoms with Gasteiger partial charge in [-0.05, 0) is 36.4 Å². The lowest BCUT2D eigenvalue weighted by Crippen LogP contribution is -2.02. The number of hydrogen-bond donors (Lipinski definition) is 1. The Kier molecular flexibility index (Phi) is 2.26. The molecule has 1 aromatic carbocycles. The van der Waals surface area contributed by atoms with Crippen molar-refractivity contribution in [2.45, 2.75) is 12.3 Å². The van der Waals surface area contributed by atoms with Gasteiger partial charge < -0.3 is 5.73 Å². The average Bonchev–Trinajstić information content (AvgIpc) is 2.89. The molecule has 0 radical (unpaired) electrons. The van der Waals surface area contributed by atoms with Crippen LogP contribution < -0.4 is 5.73 Å². The highest BCUT2D eigenvalue weighted by Gasteiger charge is 2.38. The molecule has 1 aliphatic rings. The Morgan fingerprint density at radius 1 is 1.54 bits per heavy atom. The molecule has 0 heterocycles. The quantitative estimate of drug-likeness (QED) is 0.779. The van der Waals surface area contributed by atoms with Crippen LogP contribution in [0.3, 0.4) is 0 Å². The molecule has 70 valence electrons. The van der Waals surface area contributed by atoms with E-state index in [0.717, 1.165) is 12.0 Å². The van der Waals surface area contributed by atoms with Gasteiger partial charge in [0.15, 0.2) is 0 Å². The fourth-order valence-electron chi connectivity index (χ4n) is 1.70. The SMILES string of the molecule is NCC1CC1c1cccc(Cl)c1F. The van der Waals surface area contributed by atoms with Crippen LogP contribution >= 0.6 is 11.6 Å². The largest absolute Gasteiger partial charge is 0.330 e. The number of hydrogen-bond acceptors (Lipinski definition) is 1. The maximum absolute atomic E-state index is 13.4. The highest BCUT2D eigenvalue weighted by atomic mass is 35.5. The minimum Gasteiger partial charge on any atom is -0.330 e. The van der Waals surface area contributed by atoms with Crippen LogP contribution in [0, 0.1) is 11.7 Å². The fraction of sp³-hybridized carbons (Fsp3) is 0.400. The molecular formula is C10H11ClFN. The zero-order chi connectivity index (χ0) is 9.42. The fourth-order valence-corrected chi connectivity index (χ4v) is 1.88. The topological polar surface area (TPSA) is 26.0 Å². The van der Waals surface area contributed by atoms with Crippen LogP contribution in [0.15, 0.2) is 18.2 Å². The highest BCUT2D eigenvalue weighted by Crippen LogP contribution is 2.48. The van der Waals surface area contributed by atoms with Crippen molar-refractivity contribution in [3.05, 3.63) is 34.6 Å². The molecule has 0 spiro atoms. The Bertz CT molecular complexity index is 327. The van der Waals surface area contributed by atoms with E-state index in [0.29, 0.717) is 18.4 Å². The smallest absolute Gasteiger partial charge is 0.145 e. The first-order chi connectivity index (χ1) is 6.24. The summed E-state index contributed by atoms with van der Waals surface area (Å²) in [5.41, 5.74) is 6.22. The Morgan fingerprint density at radius 3 is 2.92 bits per heavy atom. The highest BCUT2D eigenvalue weighted by molar-refractivity contribution is 6.30. The summed E-state index contributed by atoms with van der Waals surface area (Å²) in [6, 6.07) is 5.15. The van der Waals surface area contributed by atoms with Gasteiger partial charge in [0.05, 0.1) is 5.02 Å². The Hall–Kier alpha value is -0.600. The van der Waals surface area contributed by atoms with E-state index >= 15 is 0 Å². The lowest BCUT2D eigenvalue weighted by Gasteiger charge is -2.02. The summed E-state index contributed by atoms with van der Waals surface area (Å²) in [4.78, 5) is 0. The molecule has 13 heavy (non-hydrogen) atoms. The third-order valence-electron chi connectivity index (χ3n) is 2.61. The van der Waals surface area contributed by atoms with E-state index < -0.39 is 0 Å². The van der Waals surface area contributed by atoms with Crippen LogP contribution in [0.1, 0.15) is 17.9 Å². The van der Waals surface area contributed by atoms with Gasteiger partial charge in [-0.2, -0.15) is 0 Å². The summed E-state index contributed by atoms with van der Waals surface area (Å²) in [7, 11) is 0. The van der Waals surface area contributed by atoms with Crippen LogP contribution in [0.25, 0.3) is 0 Å². The summed E-state index contributed by atoms with van der Waals surface area (Å²) in [6.07, 6.45) is 0.994. The van der Waals surface area contributed by atoms with E-state index in [-0.39, 0.29) is 10.8 Å². The zero-order valence-electron chi connectivity index (χ0n) is 7.13. The van der Waals surface area contributed by atoms with Crippen LogP contribution in [-0.4, -0.2) is 6.54 Å². The summed E-state index contributed by atoms with van der Waals surface area (Å²) >= 11 is 5.67. The Morgan fingerprint density at radius 2 is 2.31 bits per heavy atom. The Labute approximate surface area is 81.7 Å². The number of benzene rings is 1. The van der Waals surface area contributed by atoms with Crippen molar-refractivity contribution in [1.82, 2.24) is 0 Å². The van der Waals surface area contributed by atoms with Gasteiger partial charge in [-0.1, -0.05) is 23.7 Å². The number of rotatable bonds is 2. The van der Waals surface area contributed by atoms with E-state index in [1.165, 1.54) is 0 Å². The predicted octanol–water partition coefficient (Wildman–Crippen LogP) is 2.54. The van der Waals surface area contributed by atoms with Crippen molar-refractivity contribution in [3.63, 3.8) is 0 Å². The summed E-state index contributed by atoms with van der Waals surface area (Å²) in [6.45, 7) is 0.636. The number of nitrogens with two attached hydrogens (primary N) is 1. The van der Waals surface area contributed by atoms with Gasteiger partial charge in [-0.15, -0.1) is 0 Å². The van der Waals surface area contributed by atoms with Gasteiger partial charge in [0.1, 0.15) is 5.82 Å². The molecule has 2 rings (SSSR count). The van der Waals surface area contributed by atoms with Crippen LogP contribution in [-0.2, 0) is 0 Å². The molecule has 2 N–H and O–H groups in total. The van der Waals surface area contributed by atoms with Gasteiger partial charge in [-0.3, -0.25) is 0 Å². The van der Waals surface area contributed by atoms with E-state index in [9.17, 15) is 4.39 Å². The lowest BCUT2D eigenvalue weighted by atomic mass is 10.1. The van der Waals surface area contributed by atoms with Gasteiger partial charge in [-0.25, -0.2) is 4.39 Å². The molecule has 2 atom stereocenters. The van der Waals surface area contributed by atoms with Crippen LogP contribution in [0.5, 0.6) is 0 Å². The van der Waals surface area contributed by atoms with Crippen LogP contribution in [0.4, 0.5) is 4.39 Å². The molecule has 0 aromatic heterocycles. The van der Waals surface area contributed by atoms with Gasteiger partial charge >= 0.3 is 0 Å². The van der Waals surface area contributed by atoms with E-state index in [1.54, 1.807) is 18.2 Å². The monoisotopic (exact) mass is 199 g/mol. The van der Waals surface area contributed by atoms with Crippen molar-refractivity contribution in [2.24, 2.45) is 11.7 Å². The summed E-state index contributed by atoms with van der Waals surface area (Å²) in [5, 5.41) is 0.208. The van der Waals surface area contributed by atoms with Gasteiger partial charge in [0.2, 0.25) is 0 Å². The lowest BCUT2D eigenvalue weighted by molar-refractivity contribution is 0.606. The van der Waals surface area contributed by atoms with Crippen molar-refractivity contribution in [2.75, 3.05) is 6.54 Å². The second kappa shape index (κ2) is 3.28. The van der Waals surface area contributed by atoms with E-state index in [1.807, 2.05) is 0 Å². The molecule has 1 nitrogen and oxygen atoms in total. The zero-order valence-corrected chi connectivity index (χ0v) is 7.89. The first-order valence-electron chi connectivity index (χ1n) is 4.38. The van der Waals surface area contributed by atoms with Crippen molar-refractivity contribution < 1.29 is 4.39 Å². The van der Waals surface area contributed by atoms with Gasteiger partial charge in [0, 0.05) is 0 Å². The van der Waals surface area contributed by atoms with Gasteiger partial charge in [0.25, 0.3) is 0 Å². The first-order valence-corrected chi connectivity index (χ1v) is 4.75. The molecule has 0 aliphatic heterocycles. The van der Waals surface area contributed by atoms with Crippen molar-refractivity contribution in [3.8, 4) is 0 Å². The summed E-state index contributed by atoms with van der Waals surface area (Å²) in [5.74, 6) is 0.474. The third-order valence-corrected chi connectivity index (χ3v) is 2.90. The second-order valence-electron chi connectivity index (χ2n) is 3.48. The molecule has 1 fully saturated rings. The maximum Gasteiger partial charge on any atom is 0.145 e. The van der Waals surface area contributed by atoms with Crippen LogP contribution in [0.2, 0.25) is 5.02 Å². The third kappa shape index (κ3) is 1.56. The normalized spacial score (nSPS) is 26.1. The van der Waals surface area contributed by atoms with Crippen molar-refractivity contribution >= 4 is 11.6 Å². The standard InChI is InChI=1S/C10H11ClFN/c11-9-3-1-2-7(10(9)12)8-4-6(8)5-13/h1-3,6,8H,4-5,13H2. The minimum atomic E-state index is -0.273. The number of halogens is 2. The molecule has 0 saturated heterocycles. The van der Waals surface area contributed by atoms with Crippen molar-refractivity contribution in [1.29, 1.82) is 0 Å². The molecular weight excluding hydrogens is 189 g/mol. The molecule has 0 amide bonds. The molecule has 3 heteroatoms. The second-order valence-corrected chi connectivity index (χ2v) is 3.89. The minimum absolute atomic E-state index is 0.208. The summed E-state index contributed by atoms with van der Waals surface area (Å²) < 4.78 is 13.4. The van der Waals surface area contributed by atoms with E-state index in [2.05, 4.69) is 0 Å². The molecule has 1 aromatic rings. The Balaban J connectivity index is 2.27. The first kappa shape index (κ1) is 8.97. The molecule has 0 bridgehead atoms. The van der Waals surface area contributed by atoms with E-state index in [4.69, 9.17) is 17.3 Å². The molecule has 1 saturated carbocycles.